The summed E-state index contributed by atoms with van der Waals surface area (Å²) in [6.45, 7) is 1.10. The number of benzene rings is 3. The Balaban J connectivity index is 1.50. The number of alkyl halides is 2. The molecule has 3 aromatic carbocycles. The molecule has 4 rings (SSSR count). The molecule has 3 amide bonds. The largest absolute Gasteiger partial charge is 0.326 e. The smallest absolute Gasteiger partial charge is 0.257 e. The Hall–Kier alpha value is -2.62. The number of hydrogen-bond donors (Lipinski definition) is 3. The van der Waals surface area contributed by atoms with E-state index in [2.05, 4.69) is 10.6 Å². The zero-order chi connectivity index (χ0) is 27.9. The Morgan fingerprint density at radius 3 is 2.03 bits per heavy atom. The van der Waals surface area contributed by atoms with E-state index in [9.17, 15) is 23.2 Å². The van der Waals surface area contributed by atoms with Crippen LogP contribution in [-0.4, -0.2) is 22.1 Å². The first-order chi connectivity index (χ1) is 17.8. The quantitative estimate of drug-likeness (QED) is 0.247. The predicted octanol–water partition coefficient (Wildman–Crippen LogP) is 7.66. The molecule has 1 aliphatic carbocycles. The lowest BCUT2D eigenvalue weighted by atomic mass is 10.1. The van der Waals surface area contributed by atoms with E-state index in [0.29, 0.717) is 10.6 Å². The molecule has 0 aromatic heterocycles. The summed E-state index contributed by atoms with van der Waals surface area (Å²) in [6.07, 6.45) is 0. The van der Waals surface area contributed by atoms with Crippen LogP contribution in [0.5, 0.6) is 0 Å². The lowest BCUT2D eigenvalue weighted by molar-refractivity contribution is -0.117. The topological polar surface area (TPSA) is 87.3 Å². The molecular weight excluding hydrogens is 606 g/mol. The Bertz CT molecular complexity index is 1460. The third kappa shape index (κ3) is 5.84. The highest BCUT2D eigenvalue weighted by atomic mass is 35.5. The molecule has 0 saturated heterocycles. The fraction of sp³-hybridized carbons (Fsp3) is 0.160. The SMILES string of the molecule is CC(=O)Nc1c(F)cc(NC(=O)c2cc(NC(=O)[C@H]3[C@H](c4ccc(Cl)c(Cl)c4)C3(Cl)Cl)ccc2Cl)cc1F. The van der Waals surface area contributed by atoms with Crippen molar-refractivity contribution < 1.29 is 23.2 Å². The van der Waals surface area contributed by atoms with Crippen LogP contribution in [-0.2, 0) is 9.59 Å². The van der Waals surface area contributed by atoms with Gasteiger partial charge in [0.15, 0.2) is 11.6 Å². The van der Waals surface area contributed by atoms with Gasteiger partial charge >= 0.3 is 0 Å². The van der Waals surface area contributed by atoms with E-state index in [0.717, 1.165) is 19.1 Å². The normalized spacial score (nSPS) is 17.5. The van der Waals surface area contributed by atoms with Gasteiger partial charge in [-0.1, -0.05) is 40.9 Å². The van der Waals surface area contributed by atoms with Gasteiger partial charge in [-0.3, -0.25) is 14.4 Å². The maximum atomic E-state index is 14.2. The van der Waals surface area contributed by atoms with E-state index in [1.807, 2.05) is 5.32 Å². The maximum Gasteiger partial charge on any atom is 0.257 e. The first-order valence-electron chi connectivity index (χ1n) is 10.8. The van der Waals surface area contributed by atoms with Crippen molar-refractivity contribution >= 4 is 92.8 Å². The summed E-state index contributed by atoms with van der Waals surface area (Å²) in [5, 5.41) is 7.66. The minimum absolute atomic E-state index is 0.0143. The third-order valence-corrected chi connectivity index (χ3v) is 7.73. The molecule has 0 spiro atoms. The molecule has 3 aromatic rings. The Morgan fingerprint density at radius 1 is 0.789 bits per heavy atom. The van der Waals surface area contributed by atoms with Gasteiger partial charge in [0.25, 0.3) is 5.91 Å². The third-order valence-electron chi connectivity index (χ3n) is 5.72. The fourth-order valence-electron chi connectivity index (χ4n) is 3.91. The molecule has 1 saturated carbocycles. The molecule has 198 valence electrons. The summed E-state index contributed by atoms with van der Waals surface area (Å²) in [4.78, 5) is 36.9. The van der Waals surface area contributed by atoms with Crippen molar-refractivity contribution in [3.8, 4) is 0 Å². The summed E-state index contributed by atoms with van der Waals surface area (Å²) in [7, 11) is 0. The molecule has 0 heterocycles. The molecule has 0 radical (unpaired) electrons. The lowest BCUT2D eigenvalue weighted by Gasteiger charge is -2.12. The van der Waals surface area contributed by atoms with Crippen LogP contribution in [0.2, 0.25) is 15.1 Å². The van der Waals surface area contributed by atoms with Crippen molar-refractivity contribution in [3.05, 3.63) is 86.4 Å². The number of halogens is 7. The first kappa shape index (κ1) is 28.4. The number of carbonyl (C=O) groups is 3. The number of rotatable bonds is 6. The molecule has 2 atom stereocenters. The second-order valence-electron chi connectivity index (χ2n) is 8.44. The minimum atomic E-state index is -1.40. The van der Waals surface area contributed by atoms with Crippen LogP contribution in [0.15, 0.2) is 48.5 Å². The summed E-state index contributed by atoms with van der Waals surface area (Å²) < 4.78 is 27.1. The van der Waals surface area contributed by atoms with Crippen molar-refractivity contribution in [2.24, 2.45) is 5.92 Å². The summed E-state index contributed by atoms with van der Waals surface area (Å²) >= 11 is 30.9. The molecule has 0 aliphatic heterocycles. The number of amides is 3. The van der Waals surface area contributed by atoms with Crippen LogP contribution < -0.4 is 16.0 Å². The van der Waals surface area contributed by atoms with E-state index in [4.69, 9.17) is 58.0 Å². The minimum Gasteiger partial charge on any atom is -0.326 e. The Kier molecular flexibility index (Phi) is 8.12. The number of anilines is 3. The van der Waals surface area contributed by atoms with Gasteiger partial charge in [0.05, 0.1) is 26.5 Å². The van der Waals surface area contributed by atoms with Gasteiger partial charge in [-0.15, -0.1) is 23.2 Å². The average Bonchev–Trinajstić information content (AvgIpc) is 3.41. The van der Waals surface area contributed by atoms with Gasteiger partial charge in [-0.05, 0) is 48.0 Å². The molecule has 1 aliphatic rings. The van der Waals surface area contributed by atoms with Crippen LogP contribution in [0.3, 0.4) is 0 Å². The molecule has 1 fully saturated rings. The zero-order valence-electron chi connectivity index (χ0n) is 19.1. The van der Waals surface area contributed by atoms with Crippen LogP contribution in [0, 0.1) is 17.6 Å². The second-order valence-corrected chi connectivity index (χ2v) is 11.1. The highest BCUT2D eigenvalue weighted by Crippen LogP contribution is 2.65. The first-order valence-corrected chi connectivity index (χ1v) is 12.7. The maximum absolute atomic E-state index is 14.2. The van der Waals surface area contributed by atoms with Gasteiger partial charge in [-0.25, -0.2) is 8.78 Å². The summed E-state index contributed by atoms with van der Waals surface area (Å²) in [5.41, 5.74) is -0.124. The molecule has 13 heteroatoms. The highest BCUT2D eigenvalue weighted by Gasteiger charge is 2.67. The van der Waals surface area contributed by atoms with Crippen molar-refractivity contribution in [1.82, 2.24) is 0 Å². The molecule has 3 N–H and O–H groups in total. The number of hydrogen-bond acceptors (Lipinski definition) is 3. The van der Waals surface area contributed by atoms with Crippen LogP contribution in [0.4, 0.5) is 25.8 Å². The molecular formula is C25H16Cl5F2N3O3. The summed E-state index contributed by atoms with van der Waals surface area (Å²) in [5.74, 6) is -5.55. The van der Waals surface area contributed by atoms with Crippen LogP contribution in [0.1, 0.15) is 28.8 Å². The van der Waals surface area contributed by atoms with Gasteiger partial charge in [-0.2, -0.15) is 0 Å². The fourth-order valence-corrected chi connectivity index (χ4v) is 5.25. The van der Waals surface area contributed by atoms with Crippen LogP contribution in [0.25, 0.3) is 0 Å². The predicted molar refractivity (Wildman–Crippen MR) is 146 cm³/mol. The van der Waals surface area contributed by atoms with E-state index in [1.54, 1.807) is 18.2 Å². The van der Waals surface area contributed by atoms with Crippen molar-refractivity contribution in [2.75, 3.05) is 16.0 Å². The van der Waals surface area contributed by atoms with Crippen molar-refractivity contribution in [1.29, 1.82) is 0 Å². The molecule has 38 heavy (non-hydrogen) atoms. The van der Waals surface area contributed by atoms with E-state index >= 15 is 0 Å². The summed E-state index contributed by atoms with van der Waals surface area (Å²) in [6, 6.07) is 10.6. The Morgan fingerprint density at radius 2 is 1.42 bits per heavy atom. The van der Waals surface area contributed by atoms with Gasteiger partial charge in [0.2, 0.25) is 11.8 Å². The molecule has 0 unspecified atom stereocenters. The van der Waals surface area contributed by atoms with E-state index in [-0.39, 0.29) is 27.0 Å². The van der Waals surface area contributed by atoms with Crippen molar-refractivity contribution in [3.63, 3.8) is 0 Å². The standard InChI is InChI=1S/C25H16Cl5F2N3O3/c1-10(36)33-22-18(31)8-13(9-19(22)32)35-23(37)14-7-12(3-5-15(14)26)34-24(38)21-20(25(21,29)30)11-2-4-16(27)17(28)6-11/h2-9,20-21H,1H3,(H,33,36)(H,34,38)(H,35,37)/t20-,21+/m0/s1. The van der Waals surface area contributed by atoms with E-state index in [1.165, 1.54) is 18.2 Å². The average molecular weight is 622 g/mol. The zero-order valence-corrected chi connectivity index (χ0v) is 22.9. The molecule has 0 bridgehead atoms. The van der Waals surface area contributed by atoms with Crippen molar-refractivity contribution in [2.45, 2.75) is 17.2 Å². The van der Waals surface area contributed by atoms with Gasteiger partial charge in [0.1, 0.15) is 10.0 Å². The monoisotopic (exact) mass is 619 g/mol. The van der Waals surface area contributed by atoms with Crippen LogP contribution >= 0.6 is 58.0 Å². The lowest BCUT2D eigenvalue weighted by Crippen LogP contribution is -2.18. The molecule has 6 nitrogen and oxygen atoms in total. The van der Waals surface area contributed by atoms with E-state index < -0.39 is 51.2 Å². The Labute approximate surface area is 240 Å². The number of nitrogens with one attached hydrogen (secondary N) is 3. The van der Waals surface area contributed by atoms with Gasteiger partial charge < -0.3 is 16.0 Å². The number of carbonyl (C=O) groups excluding carboxylic acids is 3. The second kappa shape index (κ2) is 10.9. The van der Waals surface area contributed by atoms with Gasteiger partial charge in [0, 0.05) is 24.2 Å². The highest BCUT2D eigenvalue weighted by molar-refractivity contribution is 6.53.